The Kier molecular flexibility index (Phi) is 12.1. The molecule has 3 amide bonds. The molecular formula is C33H39N3O7. The van der Waals surface area contributed by atoms with E-state index in [9.17, 15) is 19.2 Å². The third-order valence-corrected chi connectivity index (χ3v) is 6.16. The van der Waals surface area contributed by atoms with Crippen LogP contribution in [0.15, 0.2) is 84.9 Å². The quantitative estimate of drug-likeness (QED) is 0.239. The molecule has 3 rings (SSSR count). The van der Waals surface area contributed by atoms with Crippen LogP contribution in [0.25, 0.3) is 0 Å². The molecule has 3 aromatic rings. The summed E-state index contributed by atoms with van der Waals surface area (Å²) in [7, 11) is 0. The Morgan fingerprint density at radius 2 is 1.33 bits per heavy atom. The second kappa shape index (κ2) is 16.0. The molecule has 0 bridgehead atoms. The first-order valence-corrected chi connectivity index (χ1v) is 14.0. The number of nitrogens with one attached hydrogen (secondary N) is 2. The number of carbonyl (C=O) groups is 4. The lowest BCUT2D eigenvalue weighted by molar-refractivity contribution is -0.145. The van der Waals surface area contributed by atoms with Gasteiger partial charge in [-0.15, -0.1) is 0 Å². The fourth-order valence-electron chi connectivity index (χ4n) is 3.99. The second-order valence-corrected chi connectivity index (χ2v) is 11.0. The molecule has 0 saturated heterocycles. The average molecular weight is 590 g/mol. The first kappa shape index (κ1) is 32.7. The van der Waals surface area contributed by atoms with Gasteiger partial charge in [-0.1, -0.05) is 72.8 Å². The number of alkyl carbamates (subject to hydrolysis) is 1. The summed E-state index contributed by atoms with van der Waals surface area (Å²) in [6, 6.07) is 23.7. The van der Waals surface area contributed by atoms with Gasteiger partial charge >= 0.3 is 12.1 Å². The highest BCUT2D eigenvalue weighted by Crippen LogP contribution is 2.16. The molecule has 228 valence electrons. The van der Waals surface area contributed by atoms with E-state index in [1.54, 1.807) is 45.0 Å². The van der Waals surface area contributed by atoms with Gasteiger partial charge in [-0.25, -0.2) is 4.79 Å². The number of primary amides is 1. The van der Waals surface area contributed by atoms with Crippen LogP contribution in [0.1, 0.15) is 50.3 Å². The van der Waals surface area contributed by atoms with E-state index in [1.165, 1.54) is 0 Å². The Bertz CT molecular complexity index is 1340. The zero-order valence-corrected chi connectivity index (χ0v) is 24.7. The lowest BCUT2D eigenvalue weighted by Gasteiger charge is -2.25. The van der Waals surface area contributed by atoms with Gasteiger partial charge < -0.3 is 30.6 Å². The molecule has 3 aromatic carbocycles. The van der Waals surface area contributed by atoms with E-state index in [-0.39, 0.29) is 25.9 Å². The molecular weight excluding hydrogens is 550 g/mol. The first-order valence-electron chi connectivity index (χ1n) is 14.0. The van der Waals surface area contributed by atoms with Gasteiger partial charge in [0.2, 0.25) is 11.8 Å². The first-order chi connectivity index (χ1) is 20.5. The molecule has 0 aliphatic heterocycles. The minimum Gasteiger partial charge on any atom is -0.489 e. The van der Waals surface area contributed by atoms with E-state index >= 15 is 0 Å². The van der Waals surface area contributed by atoms with Crippen molar-refractivity contribution in [2.75, 3.05) is 0 Å². The minimum absolute atomic E-state index is 0.0682. The summed E-state index contributed by atoms with van der Waals surface area (Å²) in [6.07, 6.45) is -0.916. The summed E-state index contributed by atoms with van der Waals surface area (Å²) < 4.78 is 16.4. The molecule has 0 aliphatic carbocycles. The zero-order valence-electron chi connectivity index (χ0n) is 24.7. The second-order valence-electron chi connectivity index (χ2n) is 11.0. The van der Waals surface area contributed by atoms with Gasteiger partial charge in [0.1, 0.15) is 36.6 Å². The number of hydrogen-bond acceptors (Lipinski definition) is 7. The van der Waals surface area contributed by atoms with Crippen molar-refractivity contribution >= 4 is 23.9 Å². The van der Waals surface area contributed by atoms with Crippen LogP contribution in [0.3, 0.4) is 0 Å². The molecule has 0 spiro atoms. The minimum atomic E-state index is -1.16. The van der Waals surface area contributed by atoms with Crippen molar-refractivity contribution in [3.05, 3.63) is 102 Å². The Balaban J connectivity index is 1.62. The van der Waals surface area contributed by atoms with Gasteiger partial charge in [-0.3, -0.25) is 14.4 Å². The van der Waals surface area contributed by atoms with Crippen LogP contribution >= 0.6 is 0 Å². The van der Waals surface area contributed by atoms with Crippen LogP contribution in [-0.2, 0) is 43.5 Å². The predicted molar refractivity (Wildman–Crippen MR) is 161 cm³/mol. The Morgan fingerprint density at radius 3 is 1.88 bits per heavy atom. The molecule has 0 aliphatic rings. The fraction of sp³-hybridized carbons (Fsp3) is 0.333. The number of rotatable bonds is 14. The number of hydrogen-bond donors (Lipinski definition) is 3. The fourth-order valence-corrected chi connectivity index (χ4v) is 3.99. The smallest absolute Gasteiger partial charge is 0.408 e. The number of esters is 1. The van der Waals surface area contributed by atoms with Crippen molar-refractivity contribution in [3.63, 3.8) is 0 Å². The molecule has 0 aromatic heterocycles. The summed E-state index contributed by atoms with van der Waals surface area (Å²) in [4.78, 5) is 50.3. The van der Waals surface area contributed by atoms with Gasteiger partial charge in [0.25, 0.3) is 0 Å². The van der Waals surface area contributed by atoms with Crippen LogP contribution < -0.4 is 21.1 Å². The monoisotopic (exact) mass is 589 g/mol. The molecule has 4 N–H and O–H groups in total. The molecule has 0 heterocycles. The van der Waals surface area contributed by atoms with Crippen molar-refractivity contribution < 1.29 is 33.4 Å². The maximum Gasteiger partial charge on any atom is 0.408 e. The van der Waals surface area contributed by atoms with E-state index in [2.05, 4.69) is 10.6 Å². The summed E-state index contributed by atoms with van der Waals surface area (Å²) in [5.41, 5.74) is 7.31. The topological polar surface area (TPSA) is 146 Å². The van der Waals surface area contributed by atoms with Crippen molar-refractivity contribution in [1.82, 2.24) is 10.6 Å². The standard InChI is InChI=1S/C33H39N3O7/c1-33(2,3)43-32(40)36-28(20-23-14-16-26(17-15-23)41-21-24-10-6-4-7-11-24)31(39)35-27(30(34)38)18-19-29(37)42-22-25-12-8-5-9-13-25/h4-17,27-28H,18-22H2,1-3H3,(H2,34,38)(H,35,39)(H,36,40)/t27-,28-/m1/s1. The third kappa shape index (κ3) is 12.3. The highest BCUT2D eigenvalue weighted by atomic mass is 16.6. The average Bonchev–Trinajstić information content (AvgIpc) is 2.97. The molecule has 10 nitrogen and oxygen atoms in total. The molecule has 0 radical (unpaired) electrons. The van der Waals surface area contributed by atoms with Gasteiger partial charge in [0.05, 0.1) is 0 Å². The number of amides is 3. The maximum atomic E-state index is 13.3. The Hall–Kier alpha value is -4.86. The SMILES string of the molecule is CC(C)(C)OC(=O)N[C@H](Cc1ccc(OCc2ccccc2)cc1)C(=O)N[C@H](CCC(=O)OCc1ccccc1)C(N)=O. The van der Waals surface area contributed by atoms with Crippen molar-refractivity contribution in [1.29, 1.82) is 0 Å². The Morgan fingerprint density at radius 1 is 0.744 bits per heavy atom. The van der Waals surface area contributed by atoms with Gasteiger partial charge in [-0.2, -0.15) is 0 Å². The third-order valence-electron chi connectivity index (χ3n) is 6.16. The molecule has 43 heavy (non-hydrogen) atoms. The van der Waals surface area contributed by atoms with E-state index in [4.69, 9.17) is 19.9 Å². The molecule has 10 heteroatoms. The van der Waals surface area contributed by atoms with Crippen LogP contribution in [-0.4, -0.2) is 41.6 Å². The Labute approximate surface area is 251 Å². The predicted octanol–water partition coefficient (Wildman–Crippen LogP) is 4.20. The van der Waals surface area contributed by atoms with Gasteiger partial charge in [0.15, 0.2) is 0 Å². The van der Waals surface area contributed by atoms with E-state index in [0.29, 0.717) is 12.4 Å². The highest BCUT2D eigenvalue weighted by Gasteiger charge is 2.28. The summed E-state index contributed by atoms with van der Waals surface area (Å²) in [5.74, 6) is -1.37. The van der Waals surface area contributed by atoms with Crippen molar-refractivity contribution in [3.8, 4) is 5.75 Å². The van der Waals surface area contributed by atoms with E-state index in [0.717, 1.165) is 16.7 Å². The molecule has 0 unspecified atom stereocenters. The number of ether oxygens (including phenoxy) is 3. The van der Waals surface area contributed by atoms with Crippen molar-refractivity contribution in [2.45, 2.75) is 70.9 Å². The summed E-state index contributed by atoms with van der Waals surface area (Å²) >= 11 is 0. The molecule has 0 saturated carbocycles. The lowest BCUT2D eigenvalue weighted by Crippen LogP contribution is -2.54. The van der Waals surface area contributed by atoms with E-state index < -0.39 is 41.6 Å². The highest BCUT2D eigenvalue weighted by molar-refractivity contribution is 5.91. The lowest BCUT2D eigenvalue weighted by atomic mass is 10.0. The van der Waals surface area contributed by atoms with Gasteiger partial charge in [-0.05, 0) is 56.0 Å². The van der Waals surface area contributed by atoms with Crippen LogP contribution in [0, 0.1) is 0 Å². The number of nitrogens with two attached hydrogens (primary N) is 1. The summed E-state index contributed by atoms with van der Waals surface area (Å²) in [5, 5.41) is 5.15. The maximum absolute atomic E-state index is 13.3. The normalized spacial score (nSPS) is 12.3. The number of carbonyl (C=O) groups excluding carboxylic acids is 4. The number of benzene rings is 3. The molecule has 2 atom stereocenters. The van der Waals surface area contributed by atoms with Gasteiger partial charge in [0, 0.05) is 12.8 Å². The van der Waals surface area contributed by atoms with Crippen molar-refractivity contribution in [2.24, 2.45) is 5.73 Å². The van der Waals surface area contributed by atoms with Crippen LogP contribution in [0.4, 0.5) is 4.79 Å². The van der Waals surface area contributed by atoms with Crippen LogP contribution in [0.2, 0.25) is 0 Å². The van der Waals surface area contributed by atoms with E-state index in [1.807, 2.05) is 60.7 Å². The zero-order chi connectivity index (χ0) is 31.2. The largest absolute Gasteiger partial charge is 0.489 e. The van der Waals surface area contributed by atoms with Crippen LogP contribution in [0.5, 0.6) is 5.75 Å². The molecule has 0 fully saturated rings. The summed E-state index contributed by atoms with van der Waals surface area (Å²) in [6.45, 7) is 5.60.